The number of anilines is 1. The van der Waals surface area contributed by atoms with Gasteiger partial charge in [-0.2, -0.15) is 0 Å². The Labute approximate surface area is 170 Å². The number of nitrogens with zero attached hydrogens (tertiary/aromatic N) is 4. The Hall–Kier alpha value is -2.72. The van der Waals surface area contributed by atoms with Crippen molar-refractivity contribution in [3.8, 4) is 6.57 Å². The second-order valence-electron chi connectivity index (χ2n) is 8.03. The molecule has 152 valence electrons. The van der Waals surface area contributed by atoms with Crippen LogP contribution in [-0.2, 0) is 4.79 Å². The van der Waals surface area contributed by atoms with E-state index in [1.807, 2.05) is 18.3 Å². The number of fused-ring (bicyclic) bond motifs is 1. The maximum atomic E-state index is 13.6. The summed E-state index contributed by atoms with van der Waals surface area (Å²) in [6.07, 6.45) is 2.34. The number of likely N-dealkylation sites (tertiary alicyclic amines) is 2. The van der Waals surface area contributed by atoms with Gasteiger partial charge in [-0.3, -0.25) is 19.6 Å². The predicted octanol–water partition coefficient (Wildman–Crippen LogP) is 3.28. The molecule has 4 rings (SSSR count). The molecular formula is C22H27FN5O+. The first-order chi connectivity index (χ1) is 14.0. The lowest BCUT2D eigenvalue weighted by molar-refractivity contribution is -0.133. The van der Waals surface area contributed by atoms with Crippen molar-refractivity contribution in [2.75, 3.05) is 31.5 Å². The summed E-state index contributed by atoms with van der Waals surface area (Å²) in [5.74, 6) is -0.0910. The first kappa shape index (κ1) is 19.6. The molecule has 0 aliphatic carbocycles. The molecule has 0 bridgehead atoms. The minimum atomic E-state index is -1.04. The number of rotatable bonds is 4. The molecule has 2 saturated heterocycles. The Bertz CT molecular complexity index is 934. The van der Waals surface area contributed by atoms with E-state index in [4.69, 9.17) is 6.57 Å². The summed E-state index contributed by atoms with van der Waals surface area (Å²) in [6.45, 7) is 9.48. The number of alkyl halides is 1. The van der Waals surface area contributed by atoms with E-state index < -0.39 is 12.3 Å². The molecule has 0 spiro atoms. The van der Waals surface area contributed by atoms with Crippen molar-refractivity contribution in [2.24, 2.45) is 0 Å². The largest absolute Gasteiger partial charge is 0.381 e. The smallest absolute Gasteiger partial charge is 0.352 e. The Kier molecular flexibility index (Phi) is 5.63. The maximum Gasteiger partial charge on any atom is 0.352 e. The van der Waals surface area contributed by atoms with Gasteiger partial charge in [-0.1, -0.05) is 10.9 Å². The van der Waals surface area contributed by atoms with Gasteiger partial charge in [-0.15, -0.1) is 0 Å². The molecule has 2 fully saturated rings. The van der Waals surface area contributed by atoms with Crippen molar-refractivity contribution in [3.05, 3.63) is 40.9 Å². The van der Waals surface area contributed by atoms with Gasteiger partial charge in [-0.25, -0.2) is 4.39 Å². The number of piperidine rings is 1. The number of carbonyl (C=O) groups is 1. The zero-order valence-electron chi connectivity index (χ0n) is 16.7. The van der Waals surface area contributed by atoms with E-state index in [-0.39, 0.29) is 18.9 Å². The summed E-state index contributed by atoms with van der Waals surface area (Å²) in [5.41, 5.74) is 3.33. The van der Waals surface area contributed by atoms with Crippen LogP contribution in [0.1, 0.15) is 24.8 Å². The van der Waals surface area contributed by atoms with Crippen LogP contribution in [0.5, 0.6) is 0 Å². The average Bonchev–Trinajstić information content (AvgIpc) is 3.12. The fourth-order valence-corrected chi connectivity index (χ4v) is 4.35. The summed E-state index contributed by atoms with van der Waals surface area (Å²) in [4.78, 5) is 24.3. The molecule has 1 aromatic carbocycles. The highest BCUT2D eigenvalue weighted by atomic mass is 19.1. The number of carbonyl (C=O) groups excluding carboxylic acids is 1. The molecule has 0 unspecified atom stereocenters. The second-order valence-corrected chi connectivity index (χ2v) is 8.03. The lowest BCUT2D eigenvalue weighted by atomic mass is 10.0. The third-order valence-corrected chi connectivity index (χ3v) is 6.00. The highest BCUT2D eigenvalue weighted by molar-refractivity contribution is 5.93. The summed E-state index contributed by atoms with van der Waals surface area (Å²) < 4.78 is 13.6. The number of nitrogens with one attached hydrogen (secondary N) is 1. The van der Waals surface area contributed by atoms with Crippen molar-refractivity contribution >= 4 is 22.5 Å². The van der Waals surface area contributed by atoms with Gasteiger partial charge in [0.05, 0.1) is 25.0 Å². The van der Waals surface area contributed by atoms with Gasteiger partial charge in [-0.05, 0) is 43.5 Å². The van der Waals surface area contributed by atoms with Crippen molar-refractivity contribution in [1.29, 1.82) is 0 Å². The summed E-state index contributed by atoms with van der Waals surface area (Å²) in [7, 11) is 0. The van der Waals surface area contributed by atoms with Crippen molar-refractivity contribution in [1.82, 2.24) is 14.8 Å². The number of benzene rings is 1. The van der Waals surface area contributed by atoms with Gasteiger partial charge < -0.3 is 5.32 Å². The monoisotopic (exact) mass is 396 g/mol. The van der Waals surface area contributed by atoms with Crippen LogP contribution in [0, 0.1) is 13.5 Å². The first-order valence-corrected chi connectivity index (χ1v) is 10.2. The van der Waals surface area contributed by atoms with Crippen LogP contribution < -0.4 is 5.32 Å². The van der Waals surface area contributed by atoms with E-state index in [0.29, 0.717) is 12.6 Å². The van der Waals surface area contributed by atoms with Crippen LogP contribution >= 0.6 is 0 Å². The van der Waals surface area contributed by atoms with E-state index >= 15 is 0 Å². The van der Waals surface area contributed by atoms with E-state index in [2.05, 4.69) is 39.1 Å². The van der Waals surface area contributed by atoms with Crippen LogP contribution in [0.2, 0.25) is 0 Å². The topological polar surface area (TPSA) is 52.8 Å². The maximum absolute atomic E-state index is 13.6. The minimum absolute atomic E-state index is 0.0910. The Morgan fingerprint density at radius 1 is 1.34 bits per heavy atom. The molecule has 0 radical (unpaired) electrons. The van der Waals surface area contributed by atoms with Gasteiger partial charge in [0.25, 0.3) is 6.57 Å². The average molecular weight is 396 g/mol. The lowest BCUT2D eigenvalue weighted by Crippen LogP contribution is -2.46. The zero-order chi connectivity index (χ0) is 20.4. The van der Waals surface area contributed by atoms with E-state index in [1.54, 1.807) is 0 Å². The van der Waals surface area contributed by atoms with Crippen molar-refractivity contribution in [2.45, 2.75) is 44.6 Å². The SMILES string of the molecule is C#[N+][C@@H]1C[C@H](F)CN1C(=O)CN1CCC(Nc2c(C)ccc3ncccc23)CC1. The van der Waals surface area contributed by atoms with Gasteiger partial charge in [0, 0.05) is 36.4 Å². The molecule has 7 heteroatoms. The van der Waals surface area contributed by atoms with Gasteiger partial charge in [0.2, 0.25) is 5.91 Å². The van der Waals surface area contributed by atoms with Crippen LogP contribution in [0.4, 0.5) is 10.1 Å². The van der Waals surface area contributed by atoms with E-state index in [0.717, 1.165) is 42.5 Å². The molecule has 2 atom stereocenters. The van der Waals surface area contributed by atoms with Crippen molar-refractivity contribution < 1.29 is 9.18 Å². The molecule has 1 aromatic heterocycles. The third kappa shape index (κ3) is 4.18. The van der Waals surface area contributed by atoms with E-state index in [1.165, 1.54) is 10.5 Å². The minimum Gasteiger partial charge on any atom is -0.381 e. The van der Waals surface area contributed by atoms with Crippen LogP contribution in [0.25, 0.3) is 15.7 Å². The first-order valence-electron chi connectivity index (χ1n) is 10.2. The fraction of sp³-hybridized carbons (Fsp3) is 0.500. The van der Waals surface area contributed by atoms with Gasteiger partial charge in [0.15, 0.2) is 0 Å². The molecule has 2 aliphatic heterocycles. The summed E-state index contributed by atoms with van der Waals surface area (Å²) >= 11 is 0. The number of hydrogen-bond acceptors (Lipinski definition) is 4. The normalized spacial score (nSPS) is 23.3. The number of pyridine rings is 1. The van der Waals surface area contributed by atoms with Gasteiger partial charge >= 0.3 is 6.17 Å². The second kappa shape index (κ2) is 8.34. The zero-order valence-corrected chi connectivity index (χ0v) is 16.7. The van der Waals surface area contributed by atoms with Crippen LogP contribution in [0.3, 0.4) is 0 Å². The predicted molar refractivity (Wildman–Crippen MR) is 113 cm³/mol. The molecule has 6 nitrogen and oxygen atoms in total. The van der Waals surface area contributed by atoms with E-state index in [9.17, 15) is 9.18 Å². The molecule has 2 aromatic rings. The molecule has 1 N–H and O–H groups in total. The number of aromatic nitrogens is 1. The third-order valence-electron chi connectivity index (χ3n) is 6.00. The molecule has 3 heterocycles. The fourth-order valence-electron chi connectivity index (χ4n) is 4.35. The molecule has 0 saturated carbocycles. The van der Waals surface area contributed by atoms with Crippen molar-refractivity contribution in [3.63, 3.8) is 0 Å². The molecular weight excluding hydrogens is 369 g/mol. The van der Waals surface area contributed by atoms with Crippen LogP contribution in [0.15, 0.2) is 30.5 Å². The lowest BCUT2D eigenvalue weighted by Gasteiger charge is -2.33. The Balaban J connectivity index is 1.34. The van der Waals surface area contributed by atoms with Gasteiger partial charge in [0.1, 0.15) is 6.17 Å². The molecule has 2 aliphatic rings. The molecule has 1 amide bonds. The number of aryl methyl sites for hydroxylation is 1. The Morgan fingerprint density at radius 2 is 2.14 bits per heavy atom. The van der Waals surface area contributed by atoms with Crippen LogP contribution in [-0.4, -0.2) is 65.2 Å². The standard InChI is InChI=1S/C22H27FN5O/c1-15-5-6-19-18(4-3-9-25-19)22(15)26-17-7-10-27(11-8-17)14-21(29)28-13-16(23)12-20(28)24-2/h2-6,9,16-17,20,26H,7-8,10-14H2,1H3/q+1/t16-,20-/m0/s1. The number of amides is 1. The quantitative estimate of drug-likeness (QED) is 0.862. The highest BCUT2D eigenvalue weighted by Crippen LogP contribution is 2.28. The number of halogens is 1. The highest BCUT2D eigenvalue weighted by Gasteiger charge is 2.42. The summed E-state index contributed by atoms with van der Waals surface area (Å²) in [6, 6.07) is 8.55. The Morgan fingerprint density at radius 3 is 2.90 bits per heavy atom. The molecule has 29 heavy (non-hydrogen) atoms. The number of hydrogen-bond donors (Lipinski definition) is 1. The summed E-state index contributed by atoms with van der Waals surface area (Å²) in [5, 5.41) is 4.84.